The fraction of sp³-hybridized carbons (Fsp3) is 0.733. The van der Waals surface area contributed by atoms with Crippen molar-refractivity contribution in [3.05, 3.63) is 12.2 Å². The van der Waals surface area contributed by atoms with E-state index in [2.05, 4.69) is 0 Å². The summed E-state index contributed by atoms with van der Waals surface area (Å²) in [5.41, 5.74) is 0. The Bertz CT molecular complexity index is 385. The minimum atomic E-state index is -0.859. The van der Waals surface area contributed by atoms with Crippen LogP contribution in [0.4, 0.5) is 0 Å². The third-order valence-electron chi connectivity index (χ3n) is 4.40. The third-order valence-corrected chi connectivity index (χ3v) is 4.40. The van der Waals surface area contributed by atoms with Crippen molar-refractivity contribution in [1.29, 1.82) is 0 Å². The largest absolute Gasteiger partial charge is 0.481 e. The maximum absolute atomic E-state index is 12.5. The minimum absolute atomic E-state index is 0.0117. The summed E-state index contributed by atoms with van der Waals surface area (Å²) in [5, 5.41) is 9.25. The van der Waals surface area contributed by atoms with Crippen LogP contribution in [0.25, 0.3) is 0 Å². The molecule has 2 unspecified atom stereocenters. The summed E-state index contributed by atoms with van der Waals surface area (Å²) in [6.45, 7) is 2.19. The highest BCUT2D eigenvalue weighted by Gasteiger charge is 2.37. The Morgan fingerprint density at radius 1 is 1.20 bits per heavy atom. The van der Waals surface area contributed by atoms with Crippen LogP contribution in [0.15, 0.2) is 12.2 Å². The first kappa shape index (κ1) is 15.0. The Balaban J connectivity index is 1.94. The molecule has 1 saturated heterocycles. The molecule has 0 saturated carbocycles. The predicted molar refractivity (Wildman–Crippen MR) is 74.2 cm³/mol. The number of amides is 1. The van der Waals surface area contributed by atoms with E-state index >= 15 is 0 Å². The number of aliphatic carboxylic acids is 1. The van der Waals surface area contributed by atoms with Gasteiger partial charge < -0.3 is 14.7 Å². The van der Waals surface area contributed by atoms with Gasteiger partial charge in [-0.15, -0.1) is 0 Å². The summed E-state index contributed by atoms with van der Waals surface area (Å²) >= 11 is 0. The molecule has 1 heterocycles. The molecule has 1 N–H and O–H groups in total. The smallest absolute Gasteiger partial charge is 0.307 e. The summed E-state index contributed by atoms with van der Waals surface area (Å²) < 4.78 is 5.15. The van der Waals surface area contributed by atoms with E-state index in [4.69, 9.17) is 4.74 Å². The molecule has 0 radical (unpaired) electrons. The summed E-state index contributed by atoms with van der Waals surface area (Å²) in [6, 6.07) is 0. The normalized spacial score (nSPS) is 27.6. The van der Waals surface area contributed by atoms with Gasteiger partial charge in [0.05, 0.1) is 11.8 Å². The van der Waals surface area contributed by atoms with Gasteiger partial charge >= 0.3 is 5.97 Å². The quantitative estimate of drug-likeness (QED) is 0.794. The molecule has 1 fully saturated rings. The predicted octanol–water partition coefficient (Wildman–Crippen LogP) is 1.54. The van der Waals surface area contributed by atoms with Crippen LogP contribution in [0.3, 0.4) is 0 Å². The zero-order chi connectivity index (χ0) is 14.5. The molecule has 0 spiro atoms. The average Bonchev–Trinajstić information content (AvgIpc) is 2.47. The van der Waals surface area contributed by atoms with Gasteiger partial charge in [0.25, 0.3) is 0 Å². The molecule has 0 aromatic rings. The molecule has 1 aliphatic carbocycles. The van der Waals surface area contributed by atoms with Crippen LogP contribution in [-0.4, -0.2) is 48.7 Å². The van der Waals surface area contributed by atoms with Crippen molar-refractivity contribution < 1.29 is 19.4 Å². The first-order valence-corrected chi connectivity index (χ1v) is 7.29. The van der Waals surface area contributed by atoms with E-state index in [-0.39, 0.29) is 5.91 Å². The van der Waals surface area contributed by atoms with E-state index in [0.717, 1.165) is 32.5 Å². The van der Waals surface area contributed by atoms with Crippen LogP contribution in [-0.2, 0) is 14.3 Å². The van der Waals surface area contributed by atoms with Gasteiger partial charge in [0, 0.05) is 26.8 Å². The lowest BCUT2D eigenvalue weighted by Crippen LogP contribution is -2.45. The number of hydrogen-bond donors (Lipinski definition) is 1. The van der Waals surface area contributed by atoms with E-state index in [9.17, 15) is 14.7 Å². The Morgan fingerprint density at radius 2 is 1.80 bits per heavy atom. The number of carbonyl (C=O) groups is 2. The zero-order valence-corrected chi connectivity index (χ0v) is 12.0. The fourth-order valence-corrected chi connectivity index (χ4v) is 3.15. The van der Waals surface area contributed by atoms with Gasteiger partial charge in [-0.3, -0.25) is 9.59 Å². The molecular formula is C15H23NO4. The van der Waals surface area contributed by atoms with Crippen LogP contribution in [0.1, 0.15) is 25.7 Å². The Morgan fingerprint density at radius 3 is 2.35 bits per heavy atom. The zero-order valence-electron chi connectivity index (χ0n) is 12.0. The van der Waals surface area contributed by atoms with Crippen LogP contribution in [0.5, 0.6) is 0 Å². The van der Waals surface area contributed by atoms with E-state index in [1.165, 1.54) is 0 Å². The van der Waals surface area contributed by atoms with Gasteiger partial charge in [-0.05, 0) is 31.6 Å². The van der Waals surface area contributed by atoms with Gasteiger partial charge in [-0.2, -0.15) is 0 Å². The Labute approximate surface area is 119 Å². The highest BCUT2D eigenvalue weighted by atomic mass is 16.5. The monoisotopic (exact) mass is 281 g/mol. The van der Waals surface area contributed by atoms with Crippen molar-refractivity contribution in [2.75, 3.05) is 26.8 Å². The maximum Gasteiger partial charge on any atom is 0.307 e. The molecule has 1 amide bonds. The number of carbonyl (C=O) groups excluding carboxylic acids is 1. The molecule has 20 heavy (non-hydrogen) atoms. The van der Waals surface area contributed by atoms with Crippen LogP contribution in [0.2, 0.25) is 0 Å². The highest BCUT2D eigenvalue weighted by molar-refractivity contribution is 5.85. The number of carboxylic acid groups (broad SMARTS) is 1. The highest BCUT2D eigenvalue weighted by Crippen LogP contribution is 2.29. The van der Waals surface area contributed by atoms with Crippen molar-refractivity contribution in [3.8, 4) is 0 Å². The number of nitrogens with zero attached hydrogens (tertiary/aromatic N) is 1. The number of methoxy groups -OCH3 is 1. The van der Waals surface area contributed by atoms with Crippen molar-refractivity contribution in [2.24, 2.45) is 17.8 Å². The molecule has 5 heteroatoms. The van der Waals surface area contributed by atoms with Crippen molar-refractivity contribution in [3.63, 3.8) is 0 Å². The lowest BCUT2D eigenvalue weighted by Gasteiger charge is -2.35. The van der Waals surface area contributed by atoms with E-state index in [1.807, 2.05) is 17.1 Å². The Kier molecular flexibility index (Phi) is 5.17. The molecule has 0 aromatic heterocycles. The number of hydrogen-bond acceptors (Lipinski definition) is 3. The van der Waals surface area contributed by atoms with Crippen molar-refractivity contribution >= 4 is 11.9 Å². The van der Waals surface area contributed by atoms with Crippen LogP contribution >= 0.6 is 0 Å². The first-order valence-electron chi connectivity index (χ1n) is 7.29. The molecule has 112 valence electrons. The van der Waals surface area contributed by atoms with Crippen LogP contribution < -0.4 is 0 Å². The second kappa shape index (κ2) is 6.88. The van der Waals surface area contributed by atoms with Crippen LogP contribution in [0, 0.1) is 17.8 Å². The van der Waals surface area contributed by atoms with Gasteiger partial charge in [-0.1, -0.05) is 12.2 Å². The second-order valence-corrected chi connectivity index (χ2v) is 5.72. The summed E-state index contributed by atoms with van der Waals surface area (Å²) in [6.07, 6.45) is 6.70. The molecule has 2 atom stereocenters. The summed E-state index contributed by atoms with van der Waals surface area (Å²) in [4.78, 5) is 25.6. The number of allylic oxidation sites excluding steroid dienone is 2. The summed E-state index contributed by atoms with van der Waals surface area (Å²) in [7, 11) is 1.70. The average molecular weight is 281 g/mol. The van der Waals surface area contributed by atoms with E-state index < -0.39 is 17.8 Å². The standard InChI is InChI=1S/C15H23NO4/c1-20-10-11-6-8-16(9-7-11)14(17)12-4-2-3-5-13(12)15(18)19/h2-3,11-13H,4-10H2,1H3,(H,18,19). The van der Waals surface area contributed by atoms with Gasteiger partial charge in [0.1, 0.15) is 0 Å². The number of piperidine rings is 1. The van der Waals surface area contributed by atoms with Gasteiger partial charge in [-0.25, -0.2) is 0 Å². The maximum atomic E-state index is 12.5. The third kappa shape index (κ3) is 3.39. The van der Waals surface area contributed by atoms with Gasteiger partial charge in [0.2, 0.25) is 5.91 Å². The first-order chi connectivity index (χ1) is 9.63. The SMILES string of the molecule is COCC1CCN(C(=O)C2CC=CCC2C(=O)O)CC1. The molecular weight excluding hydrogens is 258 g/mol. The molecule has 0 bridgehead atoms. The lowest BCUT2D eigenvalue weighted by atomic mass is 9.81. The molecule has 2 aliphatic rings. The topological polar surface area (TPSA) is 66.8 Å². The molecule has 0 aromatic carbocycles. The number of likely N-dealkylation sites (tertiary alicyclic amines) is 1. The molecule has 5 nitrogen and oxygen atoms in total. The Hall–Kier alpha value is -1.36. The summed E-state index contributed by atoms with van der Waals surface area (Å²) in [5.74, 6) is -1.29. The molecule has 2 rings (SSSR count). The number of rotatable bonds is 4. The number of carboxylic acids is 1. The van der Waals surface area contributed by atoms with Crippen molar-refractivity contribution in [1.82, 2.24) is 4.90 Å². The fourth-order valence-electron chi connectivity index (χ4n) is 3.15. The van der Waals surface area contributed by atoms with E-state index in [0.29, 0.717) is 18.8 Å². The van der Waals surface area contributed by atoms with Crippen molar-refractivity contribution in [2.45, 2.75) is 25.7 Å². The molecule has 1 aliphatic heterocycles. The minimum Gasteiger partial charge on any atom is -0.481 e. The lowest BCUT2D eigenvalue weighted by molar-refractivity contribution is -0.151. The number of ether oxygens (including phenoxy) is 1. The second-order valence-electron chi connectivity index (χ2n) is 5.72. The van der Waals surface area contributed by atoms with E-state index in [1.54, 1.807) is 7.11 Å². The van der Waals surface area contributed by atoms with Gasteiger partial charge in [0.15, 0.2) is 0 Å².